The molecule has 3 rings (SSSR count). The van der Waals surface area contributed by atoms with Gasteiger partial charge in [0.25, 0.3) is 0 Å². The topological polar surface area (TPSA) is 87.2 Å². The lowest BCUT2D eigenvalue weighted by Gasteiger charge is -2.16. The molecule has 1 aliphatic heterocycles. The monoisotopic (exact) mass is 383 g/mol. The van der Waals surface area contributed by atoms with E-state index in [2.05, 4.69) is 32.3 Å². The Balaban J connectivity index is 1.48. The maximum absolute atomic E-state index is 12.3. The lowest BCUT2D eigenvalue weighted by Crippen LogP contribution is -2.38. The van der Waals surface area contributed by atoms with Crippen molar-refractivity contribution in [3.05, 3.63) is 22.4 Å². The lowest BCUT2D eigenvalue weighted by atomic mass is 10.3. The van der Waals surface area contributed by atoms with Crippen LogP contribution in [0.15, 0.2) is 21.9 Å². The lowest BCUT2D eigenvalue weighted by molar-refractivity contribution is -0.126. The van der Waals surface area contributed by atoms with Crippen LogP contribution in [-0.2, 0) is 11.2 Å². The average molecular weight is 384 g/mol. The summed E-state index contributed by atoms with van der Waals surface area (Å²) >= 11 is 4.48. The van der Waals surface area contributed by atoms with Gasteiger partial charge in [0.15, 0.2) is 4.34 Å². The van der Waals surface area contributed by atoms with Crippen LogP contribution in [0.2, 0.25) is 0 Å². The maximum Gasteiger partial charge on any atom is 0.324 e. The highest BCUT2D eigenvalue weighted by Gasteiger charge is 2.30. The van der Waals surface area contributed by atoms with E-state index in [1.807, 2.05) is 6.07 Å². The largest absolute Gasteiger partial charge is 0.360 e. The Morgan fingerprint density at radius 3 is 3.12 bits per heavy atom. The maximum atomic E-state index is 12.3. The summed E-state index contributed by atoms with van der Waals surface area (Å²) in [6.45, 7) is 3.51. The Bertz CT molecular complexity index is 703. The number of nitrogens with one attached hydrogen (secondary N) is 2. The van der Waals surface area contributed by atoms with Crippen molar-refractivity contribution in [2.45, 2.75) is 22.9 Å². The summed E-state index contributed by atoms with van der Waals surface area (Å²) in [5.41, 5.74) is 0. The van der Waals surface area contributed by atoms with Gasteiger partial charge in [0, 0.05) is 24.5 Å². The van der Waals surface area contributed by atoms with Gasteiger partial charge in [-0.2, -0.15) is 0 Å². The van der Waals surface area contributed by atoms with E-state index in [-0.39, 0.29) is 17.2 Å². The summed E-state index contributed by atoms with van der Waals surface area (Å²) in [4.78, 5) is 26.4. The normalized spacial score (nSPS) is 15.4. The van der Waals surface area contributed by atoms with Crippen molar-refractivity contribution >= 4 is 51.5 Å². The minimum absolute atomic E-state index is 0.197. The molecule has 0 aliphatic carbocycles. The first-order chi connectivity index (χ1) is 11.6. The first-order valence-electron chi connectivity index (χ1n) is 7.49. The number of hydrogen-bond donors (Lipinski definition) is 2. The van der Waals surface area contributed by atoms with E-state index in [0.29, 0.717) is 17.4 Å². The SMILES string of the molecule is CC(Sc1nnc(NCCc2cccs2)s1)C(=O)N1CCNC1=O. The fourth-order valence-corrected chi connectivity index (χ4v) is 4.87. The van der Waals surface area contributed by atoms with E-state index in [9.17, 15) is 9.59 Å². The minimum atomic E-state index is -0.374. The van der Waals surface area contributed by atoms with Gasteiger partial charge in [-0.15, -0.1) is 21.5 Å². The number of anilines is 1. The minimum Gasteiger partial charge on any atom is -0.360 e. The molecule has 1 atom stereocenters. The number of carbonyl (C=O) groups excluding carboxylic acids is 2. The molecule has 0 bridgehead atoms. The highest BCUT2D eigenvalue weighted by Crippen LogP contribution is 2.29. The summed E-state index contributed by atoms with van der Waals surface area (Å²) in [7, 11) is 0. The number of urea groups is 1. The van der Waals surface area contributed by atoms with Gasteiger partial charge >= 0.3 is 6.03 Å². The van der Waals surface area contributed by atoms with Crippen LogP contribution < -0.4 is 10.6 Å². The van der Waals surface area contributed by atoms with Gasteiger partial charge in [0.1, 0.15) is 0 Å². The first kappa shape index (κ1) is 17.2. The molecule has 1 saturated heterocycles. The van der Waals surface area contributed by atoms with Gasteiger partial charge < -0.3 is 10.6 Å². The molecule has 1 unspecified atom stereocenters. The van der Waals surface area contributed by atoms with E-state index in [1.165, 1.54) is 32.9 Å². The molecule has 128 valence electrons. The zero-order chi connectivity index (χ0) is 16.9. The highest BCUT2D eigenvalue weighted by molar-refractivity contribution is 8.02. The van der Waals surface area contributed by atoms with E-state index < -0.39 is 0 Å². The van der Waals surface area contributed by atoms with Crippen molar-refractivity contribution in [3.8, 4) is 0 Å². The average Bonchev–Trinajstić information content (AvgIpc) is 3.29. The number of amides is 3. The van der Waals surface area contributed by atoms with Crippen LogP contribution in [0, 0.1) is 0 Å². The van der Waals surface area contributed by atoms with E-state index >= 15 is 0 Å². The number of thiophene rings is 1. The number of rotatable bonds is 7. The Morgan fingerprint density at radius 1 is 1.54 bits per heavy atom. The van der Waals surface area contributed by atoms with Crippen molar-refractivity contribution in [1.29, 1.82) is 0 Å². The second-order valence-electron chi connectivity index (χ2n) is 5.11. The number of hydrogen-bond acceptors (Lipinski definition) is 8. The second-order valence-corrected chi connectivity index (χ2v) is 8.71. The van der Waals surface area contributed by atoms with Gasteiger partial charge in [-0.25, -0.2) is 4.79 Å². The van der Waals surface area contributed by atoms with Gasteiger partial charge in [0.2, 0.25) is 11.0 Å². The molecule has 1 aliphatic rings. The molecule has 0 radical (unpaired) electrons. The fraction of sp³-hybridized carbons (Fsp3) is 0.429. The molecule has 3 amide bonds. The quantitative estimate of drug-likeness (QED) is 0.714. The van der Waals surface area contributed by atoms with Crippen LogP contribution in [0.3, 0.4) is 0 Å². The zero-order valence-electron chi connectivity index (χ0n) is 13.0. The van der Waals surface area contributed by atoms with Gasteiger partial charge in [-0.1, -0.05) is 29.2 Å². The van der Waals surface area contributed by atoms with Crippen LogP contribution in [0.1, 0.15) is 11.8 Å². The molecule has 7 nitrogen and oxygen atoms in total. The van der Waals surface area contributed by atoms with Crippen LogP contribution in [0.4, 0.5) is 9.93 Å². The molecule has 2 N–H and O–H groups in total. The summed E-state index contributed by atoms with van der Waals surface area (Å²) < 4.78 is 0.717. The smallest absolute Gasteiger partial charge is 0.324 e. The Kier molecular flexibility index (Phi) is 5.69. The fourth-order valence-electron chi connectivity index (χ4n) is 2.18. The molecule has 10 heteroatoms. The van der Waals surface area contributed by atoms with Crippen molar-refractivity contribution < 1.29 is 9.59 Å². The Labute approximate surface area is 151 Å². The standard InChI is InChI=1S/C14H17N5O2S3/c1-9(11(20)19-7-6-16-13(19)21)23-14-18-17-12(24-14)15-5-4-10-3-2-8-22-10/h2-3,8-9H,4-7H2,1H3,(H,15,17)(H,16,21). The predicted octanol–water partition coefficient (Wildman–Crippen LogP) is 2.29. The number of imide groups is 1. The Hall–Kier alpha value is -1.65. The third-order valence-electron chi connectivity index (χ3n) is 3.38. The van der Waals surface area contributed by atoms with Crippen LogP contribution in [0.25, 0.3) is 0 Å². The summed E-state index contributed by atoms with van der Waals surface area (Å²) in [6, 6.07) is 3.83. The van der Waals surface area contributed by atoms with Crippen LogP contribution in [-0.4, -0.2) is 51.9 Å². The Morgan fingerprint density at radius 2 is 2.42 bits per heavy atom. The van der Waals surface area contributed by atoms with Crippen LogP contribution in [0.5, 0.6) is 0 Å². The molecule has 24 heavy (non-hydrogen) atoms. The molecule has 0 saturated carbocycles. The van der Waals surface area contributed by atoms with E-state index in [0.717, 1.165) is 18.1 Å². The van der Waals surface area contributed by atoms with E-state index in [1.54, 1.807) is 18.3 Å². The third-order valence-corrected chi connectivity index (χ3v) is 6.37. The van der Waals surface area contributed by atoms with Gasteiger partial charge in [0.05, 0.1) is 5.25 Å². The van der Waals surface area contributed by atoms with Gasteiger partial charge in [-0.3, -0.25) is 9.69 Å². The molecule has 0 aromatic carbocycles. The van der Waals surface area contributed by atoms with Crippen molar-refractivity contribution in [3.63, 3.8) is 0 Å². The molecular formula is C14H17N5O2S3. The zero-order valence-corrected chi connectivity index (χ0v) is 15.5. The van der Waals surface area contributed by atoms with Crippen molar-refractivity contribution in [2.75, 3.05) is 25.0 Å². The predicted molar refractivity (Wildman–Crippen MR) is 96.9 cm³/mol. The molecular weight excluding hydrogens is 366 g/mol. The summed E-state index contributed by atoms with van der Waals surface area (Å²) in [5.74, 6) is -0.197. The first-order valence-corrected chi connectivity index (χ1v) is 10.1. The van der Waals surface area contributed by atoms with Crippen molar-refractivity contribution in [1.82, 2.24) is 20.4 Å². The number of aromatic nitrogens is 2. The summed E-state index contributed by atoms with van der Waals surface area (Å²) in [5, 5.41) is 16.5. The van der Waals surface area contributed by atoms with Crippen molar-refractivity contribution in [2.24, 2.45) is 0 Å². The summed E-state index contributed by atoms with van der Waals surface area (Å²) in [6.07, 6.45) is 0.943. The van der Waals surface area contributed by atoms with Gasteiger partial charge in [-0.05, 0) is 24.8 Å². The second kappa shape index (κ2) is 7.95. The molecule has 1 fully saturated rings. The third kappa shape index (κ3) is 4.25. The number of thioether (sulfide) groups is 1. The molecule has 0 spiro atoms. The van der Waals surface area contributed by atoms with E-state index in [4.69, 9.17) is 0 Å². The molecule has 2 aromatic heterocycles. The highest BCUT2D eigenvalue weighted by atomic mass is 32.2. The number of nitrogens with zero attached hydrogens (tertiary/aromatic N) is 3. The van der Waals surface area contributed by atoms with Crippen LogP contribution >= 0.6 is 34.4 Å². The number of carbonyl (C=O) groups is 2. The molecule has 3 heterocycles. The molecule has 2 aromatic rings.